The van der Waals surface area contributed by atoms with Gasteiger partial charge in [0.2, 0.25) is 0 Å². The zero-order valence-corrected chi connectivity index (χ0v) is 21.7. The highest BCUT2D eigenvalue weighted by Gasteiger charge is 2.07. The lowest BCUT2D eigenvalue weighted by Gasteiger charge is -2.14. The van der Waals surface area contributed by atoms with Crippen molar-refractivity contribution < 1.29 is 14.3 Å². The standard InChI is InChI=1S/C24H34N4O3.HI/c1-5-26-23(29)20-11-8-19(9-12-20)17-28-24(25-4)27-15-14-18-10-13-21(30-6-2)22(16-18)31-7-3;/h8-13,16H,5-7,14-15,17H2,1-4H3,(H,26,29)(H2,25,27,28);1H. The fourth-order valence-electron chi connectivity index (χ4n) is 3.02. The third kappa shape index (κ3) is 8.94. The molecule has 0 bridgehead atoms. The molecule has 0 heterocycles. The van der Waals surface area contributed by atoms with Gasteiger partial charge in [0.25, 0.3) is 5.91 Å². The SMILES string of the molecule is CCNC(=O)c1ccc(CNC(=NC)NCCc2ccc(OCC)c(OCC)c2)cc1.I. The van der Waals surface area contributed by atoms with E-state index in [1.807, 2.05) is 57.2 Å². The summed E-state index contributed by atoms with van der Waals surface area (Å²) in [5, 5.41) is 9.42. The first-order valence-corrected chi connectivity index (χ1v) is 10.8. The third-order valence-electron chi connectivity index (χ3n) is 4.55. The van der Waals surface area contributed by atoms with Crippen LogP contribution in [0.25, 0.3) is 0 Å². The van der Waals surface area contributed by atoms with Crippen molar-refractivity contribution >= 4 is 35.8 Å². The normalized spacial score (nSPS) is 10.7. The average molecular weight is 554 g/mol. The number of rotatable bonds is 11. The summed E-state index contributed by atoms with van der Waals surface area (Å²) in [5.41, 5.74) is 2.90. The molecule has 2 aromatic rings. The monoisotopic (exact) mass is 554 g/mol. The maximum absolute atomic E-state index is 11.8. The lowest BCUT2D eigenvalue weighted by atomic mass is 10.1. The van der Waals surface area contributed by atoms with Crippen LogP contribution in [0.4, 0.5) is 0 Å². The molecule has 0 aliphatic heterocycles. The molecule has 2 aromatic carbocycles. The minimum atomic E-state index is -0.0544. The summed E-state index contributed by atoms with van der Waals surface area (Å²) in [6.45, 7) is 9.01. The summed E-state index contributed by atoms with van der Waals surface area (Å²) in [7, 11) is 1.75. The first-order valence-electron chi connectivity index (χ1n) is 10.8. The van der Waals surface area contributed by atoms with Crippen LogP contribution in [0.5, 0.6) is 11.5 Å². The maximum Gasteiger partial charge on any atom is 0.251 e. The molecule has 0 fully saturated rings. The van der Waals surface area contributed by atoms with Crippen LogP contribution in [0.3, 0.4) is 0 Å². The Balaban J connectivity index is 0.00000512. The Kier molecular flexibility index (Phi) is 13.2. The Bertz CT molecular complexity index is 857. The summed E-state index contributed by atoms with van der Waals surface area (Å²) in [4.78, 5) is 16.1. The Morgan fingerprint density at radius 1 is 0.875 bits per heavy atom. The number of nitrogens with zero attached hydrogens (tertiary/aromatic N) is 1. The topological polar surface area (TPSA) is 84.0 Å². The van der Waals surface area contributed by atoms with E-state index in [0.29, 0.717) is 31.9 Å². The largest absolute Gasteiger partial charge is 0.490 e. The minimum absolute atomic E-state index is 0. The van der Waals surface area contributed by atoms with Crippen LogP contribution in [0.1, 0.15) is 42.3 Å². The molecule has 3 N–H and O–H groups in total. The molecule has 32 heavy (non-hydrogen) atoms. The number of guanidine groups is 1. The highest BCUT2D eigenvalue weighted by atomic mass is 127. The predicted molar refractivity (Wildman–Crippen MR) is 141 cm³/mol. The van der Waals surface area contributed by atoms with Crippen molar-refractivity contribution in [2.75, 3.05) is 33.4 Å². The Hall–Kier alpha value is -2.49. The molecule has 0 aromatic heterocycles. The van der Waals surface area contributed by atoms with Gasteiger partial charge in [0.15, 0.2) is 17.5 Å². The lowest BCUT2D eigenvalue weighted by molar-refractivity contribution is 0.0956. The molecule has 0 aliphatic rings. The van der Waals surface area contributed by atoms with Crippen LogP contribution in [0.2, 0.25) is 0 Å². The summed E-state index contributed by atoms with van der Waals surface area (Å²) in [5.74, 6) is 2.22. The molecule has 2 rings (SSSR count). The molecule has 0 aliphatic carbocycles. The Morgan fingerprint density at radius 2 is 1.53 bits per heavy atom. The third-order valence-corrected chi connectivity index (χ3v) is 4.55. The van der Waals surface area contributed by atoms with Gasteiger partial charge in [-0.25, -0.2) is 0 Å². The molecule has 8 heteroatoms. The first kappa shape index (κ1) is 27.5. The Morgan fingerprint density at radius 3 is 2.16 bits per heavy atom. The van der Waals surface area contributed by atoms with Crippen molar-refractivity contribution in [1.29, 1.82) is 0 Å². The summed E-state index contributed by atoms with van der Waals surface area (Å²) in [6, 6.07) is 13.6. The van der Waals surface area contributed by atoms with Crippen LogP contribution < -0.4 is 25.4 Å². The number of nitrogens with one attached hydrogen (secondary N) is 3. The van der Waals surface area contributed by atoms with Crippen LogP contribution in [0.15, 0.2) is 47.5 Å². The number of hydrogen-bond acceptors (Lipinski definition) is 4. The van der Waals surface area contributed by atoms with E-state index in [-0.39, 0.29) is 29.9 Å². The van der Waals surface area contributed by atoms with Gasteiger partial charge in [-0.2, -0.15) is 0 Å². The molecule has 0 atom stereocenters. The van der Waals surface area contributed by atoms with Crippen LogP contribution in [0, 0.1) is 0 Å². The second kappa shape index (κ2) is 15.3. The van der Waals surface area contributed by atoms with Crippen molar-refractivity contribution in [3.63, 3.8) is 0 Å². The van der Waals surface area contributed by atoms with E-state index in [2.05, 4.69) is 27.0 Å². The van der Waals surface area contributed by atoms with Crippen molar-refractivity contribution in [3.05, 3.63) is 59.2 Å². The van der Waals surface area contributed by atoms with E-state index >= 15 is 0 Å². The molecule has 0 unspecified atom stereocenters. The minimum Gasteiger partial charge on any atom is -0.490 e. The van der Waals surface area contributed by atoms with E-state index in [1.165, 1.54) is 0 Å². The molecular formula is C24H35IN4O3. The molecule has 7 nitrogen and oxygen atoms in total. The number of carbonyl (C=O) groups excluding carboxylic acids is 1. The maximum atomic E-state index is 11.8. The van der Waals surface area contributed by atoms with Gasteiger partial charge in [0.05, 0.1) is 13.2 Å². The van der Waals surface area contributed by atoms with E-state index in [9.17, 15) is 4.79 Å². The highest BCUT2D eigenvalue weighted by Crippen LogP contribution is 2.28. The van der Waals surface area contributed by atoms with Gasteiger partial charge in [-0.15, -0.1) is 24.0 Å². The van der Waals surface area contributed by atoms with E-state index in [4.69, 9.17) is 9.47 Å². The summed E-state index contributed by atoms with van der Waals surface area (Å²) >= 11 is 0. The quantitative estimate of drug-likeness (QED) is 0.224. The van der Waals surface area contributed by atoms with Crippen LogP contribution in [-0.2, 0) is 13.0 Å². The first-order chi connectivity index (χ1) is 15.1. The molecule has 0 saturated heterocycles. The highest BCUT2D eigenvalue weighted by molar-refractivity contribution is 14.0. The molecule has 0 saturated carbocycles. The summed E-state index contributed by atoms with van der Waals surface area (Å²) < 4.78 is 11.3. The fourth-order valence-corrected chi connectivity index (χ4v) is 3.02. The van der Waals surface area contributed by atoms with Gasteiger partial charge in [-0.3, -0.25) is 9.79 Å². The number of halogens is 1. The number of ether oxygens (including phenoxy) is 2. The van der Waals surface area contributed by atoms with E-state index in [1.54, 1.807) is 7.05 Å². The molecule has 176 valence electrons. The molecule has 0 radical (unpaired) electrons. The van der Waals surface area contributed by atoms with Gasteiger partial charge in [0.1, 0.15) is 0 Å². The predicted octanol–water partition coefficient (Wildman–Crippen LogP) is 3.76. The second-order valence-electron chi connectivity index (χ2n) is 6.81. The van der Waals surface area contributed by atoms with E-state index in [0.717, 1.165) is 41.6 Å². The van der Waals surface area contributed by atoms with Crippen molar-refractivity contribution in [2.24, 2.45) is 4.99 Å². The van der Waals surface area contributed by atoms with Crippen LogP contribution >= 0.6 is 24.0 Å². The number of benzene rings is 2. The zero-order valence-electron chi connectivity index (χ0n) is 19.4. The number of aliphatic imine (C=N–C) groups is 1. The fraction of sp³-hybridized carbons (Fsp3) is 0.417. The second-order valence-corrected chi connectivity index (χ2v) is 6.81. The van der Waals surface area contributed by atoms with Gasteiger partial charge in [-0.1, -0.05) is 18.2 Å². The molecular weight excluding hydrogens is 519 g/mol. The van der Waals surface area contributed by atoms with Gasteiger partial charge >= 0.3 is 0 Å². The average Bonchev–Trinajstić information content (AvgIpc) is 2.78. The van der Waals surface area contributed by atoms with Crippen molar-refractivity contribution in [3.8, 4) is 11.5 Å². The number of amides is 1. The van der Waals surface area contributed by atoms with Crippen molar-refractivity contribution in [2.45, 2.75) is 33.7 Å². The van der Waals surface area contributed by atoms with Crippen molar-refractivity contribution in [1.82, 2.24) is 16.0 Å². The van der Waals surface area contributed by atoms with E-state index < -0.39 is 0 Å². The Labute approximate surface area is 208 Å². The molecule has 0 spiro atoms. The van der Waals surface area contributed by atoms with Gasteiger partial charge < -0.3 is 25.4 Å². The molecule has 1 amide bonds. The smallest absolute Gasteiger partial charge is 0.251 e. The van der Waals surface area contributed by atoms with Gasteiger partial charge in [-0.05, 0) is 62.6 Å². The summed E-state index contributed by atoms with van der Waals surface area (Å²) in [6.07, 6.45) is 0.828. The lowest BCUT2D eigenvalue weighted by Crippen LogP contribution is -2.37. The van der Waals surface area contributed by atoms with Gasteiger partial charge in [0, 0.05) is 32.2 Å². The zero-order chi connectivity index (χ0) is 22.5. The number of hydrogen-bond donors (Lipinski definition) is 3. The number of carbonyl (C=O) groups is 1. The van der Waals surface area contributed by atoms with Crippen LogP contribution in [-0.4, -0.2) is 45.2 Å².